The average molecular weight is 274 g/mol. The molecule has 4 nitrogen and oxygen atoms in total. The van der Waals surface area contributed by atoms with Crippen LogP contribution in [-0.2, 0) is 11.3 Å². The highest BCUT2D eigenvalue weighted by Crippen LogP contribution is 2.02. The smallest absolute Gasteiger partial charge is 0.407 e. The fourth-order valence-corrected chi connectivity index (χ4v) is 1.92. The van der Waals surface area contributed by atoms with E-state index in [-0.39, 0.29) is 6.61 Å². The number of nitrogens with one attached hydrogen (secondary N) is 1. The lowest BCUT2D eigenvalue weighted by Crippen LogP contribution is -2.24. The summed E-state index contributed by atoms with van der Waals surface area (Å²) >= 11 is 1.54. The first kappa shape index (κ1) is 13.3. The van der Waals surface area contributed by atoms with Crippen molar-refractivity contribution >= 4 is 23.5 Å². The molecule has 2 rings (SSSR count). The SMILES string of the molecule is O=C(NCC=Cc1cscn1)OCc1ccccc1. The third-order valence-corrected chi connectivity index (χ3v) is 2.92. The minimum atomic E-state index is -0.424. The number of hydrogen-bond acceptors (Lipinski definition) is 4. The highest BCUT2D eigenvalue weighted by atomic mass is 32.1. The molecule has 0 unspecified atom stereocenters. The molecule has 0 saturated carbocycles. The molecule has 1 aromatic heterocycles. The molecule has 98 valence electrons. The number of carbonyl (C=O) groups is 1. The van der Waals surface area contributed by atoms with E-state index in [9.17, 15) is 4.79 Å². The Labute approximate surface area is 115 Å². The summed E-state index contributed by atoms with van der Waals surface area (Å²) in [6, 6.07) is 9.57. The Kier molecular flexibility index (Phi) is 5.13. The van der Waals surface area contributed by atoms with Gasteiger partial charge in [-0.2, -0.15) is 0 Å². The lowest BCUT2D eigenvalue weighted by Gasteiger charge is -2.04. The maximum atomic E-state index is 11.4. The molecule has 1 amide bonds. The van der Waals surface area contributed by atoms with E-state index in [2.05, 4.69) is 10.3 Å². The Bertz CT molecular complexity index is 524. The molecule has 0 aliphatic carbocycles. The van der Waals surface area contributed by atoms with Crippen LogP contribution in [0, 0.1) is 0 Å². The van der Waals surface area contributed by atoms with Crippen LogP contribution in [0.5, 0.6) is 0 Å². The van der Waals surface area contributed by atoms with Crippen molar-refractivity contribution < 1.29 is 9.53 Å². The van der Waals surface area contributed by atoms with E-state index in [1.807, 2.05) is 47.9 Å². The molecule has 2 aromatic rings. The van der Waals surface area contributed by atoms with Crippen LogP contribution < -0.4 is 5.32 Å². The first-order chi connectivity index (χ1) is 9.34. The molecule has 0 saturated heterocycles. The Morgan fingerprint density at radius 3 is 2.95 bits per heavy atom. The third kappa shape index (κ3) is 4.93. The predicted octanol–water partition coefficient (Wildman–Crippen LogP) is 3.08. The zero-order valence-electron chi connectivity index (χ0n) is 10.3. The van der Waals surface area contributed by atoms with Gasteiger partial charge in [-0.05, 0) is 11.6 Å². The number of alkyl carbamates (subject to hydrolysis) is 1. The van der Waals surface area contributed by atoms with Gasteiger partial charge in [0.05, 0.1) is 11.2 Å². The van der Waals surface area contributed by atoms with E-state index in [4.69, 9.17) is 4.74 Å². The Morgan fingerprint density at radius 2 is 2.21 bits per heavy atom. The van der Waals surface area contributed by atoms with E-state index in [0.717, 1.165) is 11.3 Å². The molecule has 1 aromatic carbocycles. The summed E-state index contributed by atoms with van der Waals surface area (Å²) in [5.41, 5.74) is 3.63. The molecule has 19 heavy (non-hydrogen) atoms. The maximum absolute atomic E-state index is 11.4. The summed E-state index contributed by atoms with van der Waals surface area (Å²) in [6.45, 7) is 0.702. The second-order valence-electron chi connectivity index (χ2n) is 3.76. The molecule has 0 bridgehead atoms. The van der Waals surface area contributed by atoms with Crippen molar-refractivity contribution in [3.05, 3.63) is 58.6 Å². The standard InChI is InChI=1S/C14H14N2O2S/c17-14(18-9-12-5-2-1-3-6-12)15-8-4-7-13-10-19-11-16-13/h1-7,10-11H,8-9H2,(H,15,17). The van der Waals surface area contributed by atoms with Gasteiger partial charge in [-0.3, -0.25) is 0 Å². The first-order valence-electron chi connectivity index (χ1n) is 5.84. The lowest BCUT2D eigenvalue weighted by molar-refractivity contribution is 0.141. The van der Waals surface area contributed by atoms with Gasteiger partial charge >= 0.3 is 6.09 Å². The molecule has 1 heterocycles. The van der Waals surface area contributed by atoms with Crippen LogP contribution in [0.25, 0.3) is 6.08 Å². The molecule has 5 heteroatoms. The van der Waals surface area contributed by atoms with Gasteiger partial charge in [-0.15, -0.1) is 11.3 Å². The number of ether oxygens (including phenoxy) is 1. The van der Waals surface area contributed by atoms with Gasteiger partial charge in [0.15, 0.2) is 0 Å². The highest BCUT2D eigenvalue weighted by Gasteiger charge is 1.99. The summed E-state index contributed by atoms with van der Waals surface area (Å²) in [7, 11) is 0. The first-order valence-corrected chi connectivity index (χ1v) is 6.78. The van der Waals surface area contributed by atoms with Crippen molar-refractivity contribution in [3.8, 4) is 0 Å². The normalized spacial score (nSPS) is 10.5. The van der Waals surface area contributed by atoms with Crippen molar-refractivity contribution in [1.29, 1.82) is 0 Å². The molecule has 0 aliphatic heterocycles. The highest BCUT2D eigenvalue weighted by molar-refractivity contribution is 7.07. The fraction of sp³-hybridized carbons (Fsp3) is 0.143. The van der Waals surface area contributed by atoms with Gasteiger partial charge in [0.1, 0.15) is 6.61 Å². The Morgan fingerprint density at radius 1 is 1.37 bits per heavy atom. The van der Waals surface area contributed by atoms with Crippen LogP contribution in [0.1, 0.15) is 11.3 Å². The minimum absolute atomic E-state index is 0.280. The van der Waals surface area contributed by atoms with Gasteiger partial charge in [-0.1, -0.05) is 36.4 Å². The van der Waals surface area contributed by atoms with E-state index in [0.29, 0.717) is 6.54 Å². The monoisotopic (exact) mass is 274 g/mol. The van der Waals surface area contributed by atoms with Gasteiger partial charge in [0, 0.05) is 11.9 Å². The van der Waals surface area contributed by atoms with Crippen LogP contribution in [0.15, 0.2) is 47.3 Å². The Balaban J connectivity index is 1.65. The largest absolute Gasteiger partial charge is 0.445 e. The average Bonchev–Trinajstić information content (AvgIpc) is 2.96. The third-order valence-electron chi connectivity index (χ3n) is 2.32. The number of aromatic nitrogens is 1. The lowest BCUT2D eigenvalue weighted by atomic mass is 10.2. The minimum Gasteiger partial charge on any atom is -0.445 e. The molecule has 0 radical (unpaired) electrons. The molecule has 0 atom stereocenters. The predicted molar refractivity (Wildman–Crippen MR) is 75.8 cm³/mol. The maximum Gasteiger partial charge on any atom is 0.407 e. The number of thiazole rings is 1. The summed E-state index contributed by atoms with van der Waals surface area (Å²) in [6.07, 6.45) is 3.26. The summed E-state index contributed by atoms with van der Waals surface area (Å²) in [5.74, 6) is 0. The van der Waals surface area contributed by atoms with Crippen LogP contribution in [0.3, 0.4) is 0 Å². The van der Waals surface area contributed by atoms with Crippen molar-refractivity contribution in [1.82, 2.24) is 10.3 Å². The molecule has 1 N–H and O–H groups in total. The van der Waals surface area contributed by atoms with E-state index < -0.39 is 6.09 Å². The topological polar surface area (TPSA) is 51.2 Å². The van der Waals surface area contributed by atoms with Crippen LogP contribution in [0.2, 0.25) is 0 Å². The second kappa shape index (κ2) is 7.33. The second-order valence-corrected chi connectivity index (χ2v) is 4.48. The molecule has 0 fully saturated rings. The Hall–Kier alpha value is -2.14. The summed E-state index contributed by atoms with van der Waals surface area (Å²) in [4.78, 5) is 15.5. The number of carbonyl (C=O) groups excluding carboxylic acids is 1. The number of amides is 1. The molecule has 0 spiro atoms. The fourth-order valence-electron chi connectivity index (χ4n) is 1.40. The summed E-state index contributed by atoms with van der Waals surface area (Å²) in [5, 5.41) is 4.58. The van der Waals surface area contributed by atoms with Crippen LogP contribution in [-0.4, -0.2) is 17.6 Å². The van der Waals surface area contributed by atoms with Crippen molar-refractivity contribution in [2.75, 3.05) is 6.54 Å². The van der Waals surface area contributed by atoms with Crippen molar-refractivity contribution in [2.45, 2.75) is 6.61 Å². The number of rotatable bonds is 5. The summed E-state index contributed by atoms with van der Waals surface area (Å²) < 4.78 is 5.07. The number of benzene rings is 1. The molecular weight excluding hydrogens is 260 g/mol. The zero-order valence-corrected chi connectivity index (χ0v) is 11.1. The van der Waals surface area contributed by atoms with Gasteiger partial charge in [0.25, 0.3) is 0 Å². The van der Waals surface area contributed by atoms with Crippen LogP contribution in [0.4, 0.5) is 4.79 Å². The van der Waals surface area contributed by atoms with Crippen molar-refractivity contribution in [3.63, 3.8) is 0 Å². The number of nitrogens with zero attached hydrogens (tertiary/aromatic N) is 1. The van der Waals surface area contributed by atoms with E-state index in [1.165, 1.54) is 11.3 Å². The zero-order chi connectivity index (χ0) is 13.3. The van der Waals surface area contributed by atoms with Crippen LogP contribution >= 0.6 is 11.3 Å². The number of hydrogen-bond donors (Lipinski definition) is 1. The van der Waals surface area contributed by atoms with Crippen molar-refractivity contribution in [2.24, 2.45) is 0 Å². The molecular formula is C14H14N2O2S. The van der Waals surface area contributed by atoms with Gasteiger partial charge in [-0.25, -0.2) is 9.78 Å². The quantitative estimate of drug-likeness (QED) is 0.911. The van der Waals surface area contributed by atoms with E-state index >= 15 is 0 Å². The van der Waals surface area contributed by atoms with Gasteiger partial charge in [0.2, 0.25) is 0 Å². The van der Waals surface area contributed by atoms with E-state index in [1.54, 1.807) is 5.51 Å². The van der Waals surface area contributed by atoms with Gasteiger partial charge < -0.3 is 10.1 Å². The molecule has 0 aliphatic rings.